The van der Waals surface area contributed by atoms with Crippen LogP contribution in [0, 0.1) is 0 Å². The van der Waals surface area contributed by atoms with Crippen LogP contribution in [0.2, 0.25) is 0 Å². The summed E-state index contributed by atoms with van der Waals surface area (Å²) in [7, 11) is 0. The van der Waals surface area contributed by atoms with Gasteiger partial charge in [-0.15, -0.1) is 11.3 Å². The number of fused-ring (bicyclic) bond motifs is 1. The average molecular weight is 388 g/mol. The van der Waals surface area contributed by atoms with Crippen LogP contribution in [0.5, 0.6) is 0 Å². The maximum atomic E-state index is 13.0. The molecule has 0 bridgehead atoms. The lowest BCUT2D eigenvalue weighted by Gasteiger charge is -2.36. The third-order valence-corrected chi connectivity index (χ3v) is 5.51. The predicted octanol–water partition coefficient (Wildman–Crippen LogP) is 2.52. The van der Waals surface area contributed by atoms with Crippen LogP contribution in [0.3, 0.4) is 0 Å². The van der Waals surface area contributed by atoms with Crippen LogP contribution in [0.4, 0.5) is 10.9 Å². The first-order valence-corrected chi connectivity index (χ1v) is 10.2. The smallest absolute Gasteiger partial charge is 0.257 e. The lowest BCUT2D eigenvalue weighted by molar-refractivity contribution is -0.00547. The van der Waals surface area contributed by atoms with Crippen molar-refractivity contribution < 1.29 is 14.3 Å². The maximum absolute atomic E-state index is 13.0. The van der Waals surface area contributed by atoms with E-state index in [1.54, 1.807) is 6.20 Å². The van der Waals surface area contributed by atoms with E-state index in [-0.39, 0.29) is 18.1 Å². The van der Waals surface area contributed by atoms with Crippen molar-refractivity contribution in [3.63, 3.8) is 0 Å². The largest absolute Gasteiger partial charge is 0.381 e. The van der Waals surface area contributed by atoms with Crippen LogP contribution in [0.25, 0.3) is 0 Å². The second-order valence-corrected chi connectivity index (χ2v) is 7.91. The Kier molecular flexibility index (Phi) is 5.38. The van der Waals surface area contributed by atoms with Crippen LogP contribution in [0.1, 0.15) is 35.5 Å². The van der Waals surface area contributed by atoms with Gasteiger partial charge in [0.1, 0.15) is 5.82 Å². The van der Waals surface area contributed by atoms with Gasteiger partial charge in [-0.1, -0.05) is 0 Å². The van der Waals surface area contributed by atoms with Gasteiger partial charge in [0.05, 0.1) is 25.4 Å². The number of rotatable bonds is 3. The van der Waals surface area contributed by atoms with Gasteiger partial charge in [0.15, 0.2) is 5.13 Å². The molecular formula is C19H24N4O3S. The molecule has 2 atom stereocenters. The van der Waals surface area contributed by atoms with Gasteiger partial charge in [0.25, 0.3) is 5.91 Å². The quantitative estimate of drug-likeness (QED) is 0.871. The van der Waals surface area contributed by atoms with Gasteiger partial charge in [-0.2, -0.15) is 0 Å². The number of nitrogens with one attached hydrogen (secondary N) is 1. The topological polar surface area (TPSA) is 76.6 Å². The molecule has 2 aromatic rings. The van der Waals surface area contributed by atoms with Crippen molar-refractivity contribution in [1.82, 2.24) is 9.97 Å². The monoisotopic (exact) mass is 388 g/mol. The minimum absolute atomic E-state index is 0.130. The van der Waals surface area contributed by atoms with Gasteiger partial charge in [0.2, 0.25) is 0 Å². The fourth-order valence-corrected chi connectivity index (χ4v) is 4.24. The summed E-state index contributed by atoms with van der Waals surface area (Å²) in [6.07, 6.45) is 3.36. The first-order valence-electron chi connectivity index (χ1n) is 9.32. The number of thiazole rings is 1. The van der Waals surface area contributed by atoms with Gasteiger partial charge in [0, 0.05) is 42.3 Å². The summed E-state index contributed by atoms with van der Waals surface area (Å²) in [5, 5.41) is 5.36. The summed E-state index contributed by atoms with van der Waals surface area (Å²) in [5.41, 5.74) is 2.61. The van der Waals surface area contributed by atoms with Gasteiger partial charge in [-0.25, -0.2) is 9.97 Å². The molecule has 0 radical (unpaired) electrons. The first kappa shape index (κ1) is 18.3. The number of morpholine rings is 1. The third-order valence-electron chi connectivity index (χ3n) is 4.82. The van der Waals surface area contributed by atoms with Crippen molar-refractivity contribution in [2.24, 2.45) is 0 Å². The van der Waals surface area contributed by atoms with E-state index in [9.17, 15) is 4.79 Å². The highest BCUT2D eigenvalue weighted by atomic mass is 32.1. The summed E-state index contributed by atoms with van der Waals surface area (Å²) < 4.78 is 11.5. The van der Waals surface area contributed by atoms with E-state index in [1.165, 1.54) is 11.3 Å². The molecule has 8 heteroatoms. The lowest BCUT2D eigenvalue weighted by atomic mass is 10.0. The molecule has 1 fully saturated rings. The summed E-state index contributed by atoms with van der Waals surface area (Å²) in [6.45, 7) is 6.90. The van der Waals surface area contributed by atoms with Crippen LogP contribution in [-0.4, -0.2) is 54.4 Å². The Morgan fingerprint density at radius 2 is 2.04 bits per heavy atom. The molecule has 2 aliphatic heterocycles. The Morgan fingerprint density at radius 3 is 2.78 bits per heavy atom. The molecule has 0 aliphatic carbocycles. The lowest BCUT2D eigenvalue weighted by Crippen LogP contribution is -2.46. The molecule has 2 aromatic heterocycles. The van der Waals surface area contributed by atoms with Gasteiger partial charge in [-0.3, -0.25) is 10.1 Å². The molecule has 1 N–H and O–H groups in total. The molecular weight excluding hydrogens is 364 g/mol. The molecule has 1 amide bonds. The average Bonchev–Trinajstić information content (AvgIpc) is 3.02. The minimum Gasteiger partial charge on any atom is -0.381 e. The highest BCUT2D eigenvalue weighted by Gasteiger charge is 2.27. The number of ether oxygens (including phenoxy) is 2. The zero-order valence-corrected chi connectivity index (χ0v) is 16.4. The highest BCUT2D eigenvalue weighted by molar-refractivity contribution is 7.13. The number of hydrogen-bond donors (Lipinski definition) is 1. The second-order valence-electron chi connectivity index (χ2n) is 7.02. The van der Waals surface area contributed by atoms with Crippen molar-refractivity contribution in [3.05, 3.63) is 34.5 Å². The van der Waals surface area contributed by atoms with E-state index in [4.69, 9.17) is 14.5 Å². The Bertz CT molecular complexity index is 802. The van der Waals surface area contributed by atoms with E-state index in [0.29, 0.717) is 30.3 Å². The molecule has 0 spiro atoms. The number of nitrogens with zero attached hydrogens (tertiary/aromatic N) is 3. The minimum atomic E-state index is -0.138. The fourth-order valence-electron chi connectivity index (χ4n) is 3.72. The predicted molar refractivity (Wildman–Crippen MR) is 105 cm³/mol. The molecule has 2 aliphatic rings. The van der Waals surface area contributed by atoms with Crippen molar-refractivity contribution in [2.45, 2.75) is 38.9 Å². The zero-order chi connectivity index (χ0) is 18.8. The van der Waals surface area contributed by atoms with Crippen LogP contribution >= 0.6 is 11.3 Å². The molecule has 27 heavy (non-hydrogen) atoms. The van der Waals surface area contributed by atoms with Gasteiger partial charge >= 0.3 is 0 Å². The number of hydrogen-bond acceptors (Lipinski definition) is 7. The third kappa shape index (κ3) is 4.12. The SMILES string of the molecule is C[C@@H]1CN(c2cc(C(=O)Nc3nccs3)c3c(n2)CCOCC3)C[C@H](C)O1. The van der Waals surface area contributed by atoms with E-state index < -0.39 is 0 Å². The molecule has 144 valence electrons. The summed E-state index contributed by atoms with van der Waals surface area (Å²) in [5.74, 6) is 0.697. The standard InChI is InChI=1S/C19H24N4O3S/c1-12-10-23(11-13(2)26-12)17-9-15(18(24)22-19-20-5-8-27-19)14-3-6-25-7-4-16(14)21-17/h5,8-9,12-13H,3-4,6-7,10-11H2,1-2H3,(H,20,22,24)/t12-,13+. The molecule has 1 saturated heterocycles. The Balaban J connectivity index is 1.70. The Morgan fingerprint density at radius 1 is 1.26 bits per heavy atom. The number of pyridine rings is 1. The molecule has 0 saturated carbocycles. The summed E-state index contributed by atoms with van der Waals surface area (Å²) >= 11 is 1.41. The number of carbonyl (C=O) groups is 1. The maximum Gasteiger partial charge on any atom is 0.257 e. The Hall–Kier alpha value is -2.03. The van der Waals surface area contributed by atoms with Crippen molar-refractivity contribution >= 4 is 28.2 Å². The fraction of sp³-hybridized carbons (Fsp3) is 0.526. The Labute approximate surface area is 162 Å². The highest BCUT2D eigenvalue weighted by Crippen LogP contribution is 2.26. The normalized spacial score (nSPS) is 22.8. The number of anilines is 2. The zero-order valence-electron chi connectivity index (χ0n) is 15.6. The molecule has 4 rings (SSSR count). The second kappa shape index (κ2) is 7.92. The van der Waals surface area contributed by atoms with Crippen molar-refractivity contribution in [2.75, 3.05) is 36.5 Å². The number of aromatic nitrogens is 2. The van der Waals surface area contributed by atoms with E-state index >= 15 is 0 Å². The summed E-state index contributed by atoms with van der Waals surface area (Å²) in [4.78, 5) is 24.3. The van der Waals surface area contributed by atoms with Crippen molar-refractivity contribution in [1.29, 1.82) is 0 Å². The molecule has 4 heterocycles. The van der Waals surface area contributed by atoms with Gasteiger partial charge < -0.3 is 14.4 Å². The van der Waals surface area contributed by atoms with Crippen LogP contribution in [0.15, 0.2) is 17.6 Å². The van der Waals surface area contributed by atoms with Gasteiger partial charge in [-0.05, 0) is 31.9 Å². The van der Waals surface area contributed by atoms with Crippen LogP contribution < -0.4 is 10.2 Å². The summed E-state index contributed by atoms with van der Waals surface area (Å²) in [6, 6.07) is 1.91. The molecule has 0 aromatic carbocycles. The van der Waals surface area contributed by atoms with E-state index in [1.807, 2.05) is 11.4 Å². The van der Waals surface area contributed by atoms with E-state index in [0.717, 1.165) is 36.6 Å². The molecule has 7 nitrogen and oxygen atoms in total. The number of carbonyl (C=O) groups excluding carboxylic acids is 1. The number of amides is 1. The molecule has 0 unspecified atom stereocenters. The van der Waals surface area contributed by atoms with E-state index in [2.05, 4.69) is 29.0 Å². The van der Waals surface area contributed by atoms with Crippen LogP contribution in [-0.2, 0) is 22.3 Å². The first-order chi connectivity index (χ1) is 13.1. The van der Waals surface area contributed by atoms with Crippen molar-refractivity contribution in [3.8, 4) is 0 Å².